The lowest BCUT2D eigenvalue weighted by Crippen LogP contribution is -2.06. The minimum atomic E-state index is 0.351. The molecule has 0 bridgehead atoms. The number of aromatic nitrogens is 2. The van der Waals surface area contributed by atoms with Crippen LogP contribution in [0.15, 0.2) is 116 Å². The van der Waals surface area contributed by atoms with Crippen LogP contribution in [0, 0.1) is 22.7 Å². The lowest BCUT2D eigenvalue weighted by molar-refractivity contribution is 1.08. The first kappa shape index (κ1) is 22.6. The predicted octanol–water partition coefficient (Wildman–Crippen LogP) is 8.35. The van der Waals surface area contributed by atoms with Gasteiger partial charge in [0.2, 0.25) is 0 Å². The average Bonchev–Trinajstić information content (AvgIpc) is 3.50. The van der Waals surface area contributed by atoms with Crippen LogP contribution >= 0.6 is 0 Å². The Hall–Kier alpha value is -5.58. The quantitative estimate of drug-likeness (QED) is 0.229. The molecule has 0 saturated heterocycles. The van der Waals surface area contributed by atoms with Gasteiger partial charge in [-0.05, 0) is 42.3 Å². The number of hydrogen-bond donors (Lipinski definition) is 0. The normalized spacial score (nSPS) is 11.2. The van der Waals surface area contributed by atoms with E-state index in [-0.39, 0.29) is 0 Å². The van der Waals surface area contributed by atoms with Crippen molar-refractivity contribution < 1.29 is 0 Å². The Morgan fingerprint density at radius 2 is 1.05 bits per heavy atom. The van der Waals surface area contributed by atoms with Crippen LogP contribution in [0.25, 0.3) is 55.0 Å². The SMILES string of the molecule is C=CCc1cccc2c3ccccc3n(-c3cc(C#N)c(C#N)cc3-n3c4ccccc4c4ccccc43)c12. The third kappa shape index (κ3) is 3.23. The van der Waals surface area contributed by atoms with Crippen molar-refractivity contribution in [3.8, 4) is 23.5 Å². The van der Waals surface area contributed by atoms with E-state index in [0.717, 1.165) is 60.5 Å². The van der Waals surface area contributed by atoms with Crippen LogP contribution in [0.5, 0.6) is 0 Å². The van der Waals surface area contributed by atoms with E-state index >= 15 is 0 Å². The van der Waals surface area contributed by atoms with Gasteiger partial charge in [-0.2, -0.15) is 10.5 Å². The van der Waals surface area contributed by atoms with Crippen molar-refractivity contribution in [2.75, 3.05) is 0 Å². The van der Waals surface area contributed by atoms with Gasteiger partial charge in [0, 0.05) is 21.5 Å². The summed E-state index contributed by atoms with van der Waals surface area (Å²) in [6, 6.07) is 39.6. The fourth-order valence-corrected chi connectivity index (χ4v) is 5.96. The lowest BCUT2D eigenvalue weighted by atomic mass is 10.0. The molecule has 0 N–H and O–H groups in total. The summed E-state index contributed by atoms with van der Waals surface area (Å²) >= 11 is 0. The molecule has 0 aliphatic rings. The summed E-state index contributed by atoms with van der Waals surface area (Å²) in [4.78, 5) is 0. The molecule has 7 aromatic rings. The third-order valence-corrected chi connectivity index (χ3v) is 7.56. The molecule has 0 saturated carbocycles. The summed E-state index contributed by atoms with van der Waals surface area (Å²) < 4.78 is 4.48. The summed E-state index contributed by atoms with van der Waals surface area (Å²) in [6.07, 6.45) is 2.63. The van der Waals surface area contributed by atoms with Gasteiger partial charge in [-0.3, -0.25) is 0 Å². The largest absolute Gasteiger partial charge is 0.307 e. The van der Waals surface area contributed by atoms with Gasteiger partial charge in [0.25, 0.3) is 0 Å². The fourth-order valence-electron chi connectivity index (χ4n) is 5.96. The summed E-state index contributed by atoms with van der Waals surface area (Å²) in [5.41, 5.74) is 7.75. The molecule has 0 radical (unpaired) electrons. The summed E-state index contributed by atoms with van der Waals surface area (Å²) in [5.74, 6) is 0. The molecule has 182 valence electrons. The number of hydrogen-bond acceptors (Lipinski definition) is 2. The second-order valence-corrected chi connectivity index (χ2v) is 9.64. The van der Waals surface area contributed by atoms with Crippen LogP contribution in [-0.2, 0) is 6.42 Å². The molecule has 5 aromatic carbocycles. The molecular formula is C35H22N4. The van der Waals surface area contributed by atoms with E-state index in [4.69, 9.17) is 0 Å². The minimum Gasteiger partial charge on any atom is -0.307 e. The van der Waals surface area contributed by atoms with E-state index in [1.54, 1.807) is 0 Å². The first-order valence-electron chi connectivity index (χ1n) is 12.8. The van der Waals surface area contributed by atoms with Crippen LogP contribution in [0.3, 0.4) is 0 Å². The molecule has 4 nitrogen and oxygen atoms in total. The highest BCUT2D eigenvalue weighted by Gasteiger charge is 2.22. The van der Waals surface area contributed by atoms with Crippen LogP contribution < -0.4 is 0 Å². The van der Waals surface area contributed by atoms with Crippen LogP contribution in [0.2, 0.25) is 0 Å². The van der Waals surface area contributed by atoms with E-state index in [1.807, 2.05) is 48.5 Å². The number of nitrogens with zero attached hydrogens (tertiary/aromatic N) is 4. The van der Waals surface area contributed by atoms with Crippen molar-refractivity contribution in [3.05, 3.63) is 132 Å². The van der Waals surface area contributed by atoms with Crippen LogP contribution in [0.1, 0.15) is 16.7 Å². The van der Waals surface area contributed by atoms with Crippen molar-refractivity contribution >= 4 is 43.6 Å². The fraction of sp³-hybridized carbons (Fsp3) is 0.0286. The second-order valence-electron chi connectivity index (χ2n) is 9.64. The summed E-state index contributed by atoms with van der Waals surface area (Å²) in [6.45, 7) is 4.00. The zero-order chi connectivity index (χ0) is 26.5. The van der Waals surface area contributed by atoms with Crippen molar-refractivity contribution in [3.63, 3.8) is 0 Å². The number of nitriles is 2. The molecule has 2 aromatic heterocycles. The summed E-state index contributed by atoms with van der Waals surface area (Å²) in [7, 11) is 0. The van der Waals surface area contributed by atoms with Gasteiger partial charge < -0.3 is 9.13 Å². The highest BCUT2D eigenvalue weighted by atomic mass is 15.1. The van der Waals surface area contributed by atoms with Crippen molar-refractivity contribution in [1.29, 1.82) is 10.5 Å². The van der Waals surface area contributed by atoms with Crippen molar-refractivity contribution in [2.45, 2.75) is 6.42 Å². The van der Waals surface area contributed by atoms with Crippen LogP contribution in [-0.4, -0.2) is 9.13 Å². The standard InChI is InChI=1S/C35H22N4/c1-2-10-23-11-9-15-29-28-14-5-8-18-32(28)39(35(23)29)34-20-25(22-37)24(21-36)19-33(34)38-30-16-6-3-12-26(30)27-13-4-7-17-31(27)38/h2-9,11-20H,1,10H2. The monoisotopic (exact) mass is 498 g/mol. The van der Waals surface area contributed by atoms with E-state index in [2.05, 4.69) is 88.5 Å². The topological polar surface area (TPSA) is 57.4 Å². The maximum absolute atomic E-state index is 10.1. The first-order valence-corrected chi connectivity index (χ1v) is 12.8. The zero-order valence-corrected chi connectivity index (χ0v) is 21.1. The van der Waals surface area contributed by atoms with Gasteiger partial charge in [-0.15, -0.1) is 6.58 Å². The molecule has 2 heterocycles. The predicted molar refractivity (Wildman–Crippen MR) is 158 cm³/mol. The zero-order valence-electron chi connectivity index (χ0n) is 21.1. The number of para-hydroxylation sites is 4. The smallest absolute Gasteiger partial charge is 0.101 e. The second kappa shape index (κ2) is 8.77. The van der Waals surface area contributed by atoms with Gasteiger partial charge in [0.1, 0.15) is 12.1 Å². The molecule has 0 aliphatic carbocycles. The number of fused-ring (bicyclic) bond motifs is 6. The van der Waals surface area contributed by atoms with Gasteiger partial charge in [-0.25, -0.2) is 0 Å². The molecule has 39 heavy (non-hydrogen) atoms. The molecule has 0 amide bonds. The summed E-state index contributed by atoms with van der Waals surface area (Å²) in [5, 5.41) is 24.7. The highest BCUT2D eigenvalue weighted by Crippen LogP contribution is 2.40. The number of benzene rings is 5. The number of rotatable bonds is 4. The molecular weight excluding hydrogens is 476 g/mol. The van der Waals surface area contributed by atoms with Gasteiger partial charge in [0.05, 0.1) is 44.6 Å². The van der Waals surface area contributed by atoms with Crippen molar-refractivity contribution in [1.82, 2.24) is 9.13 Å². The Bertz CT molecular complexity index is 2140. The molecule has 0 spiro atoms. The van der Waals surface area contributed by atoms with Gasteiger partial charge >= 0.3 is 0 Å². The highest BCUT2D eigenvalue weighted by molar-refractivity contribution is 6.12. The molecule has 4 heteroatoms. The molecule has 0 fully saturated rings. The van der Waals surface area contributed by atoms with E-state index in [0.29, 0.717) is 17.5 Å². The van der Waals surface area contributed by atoms with E-state index in [9.17, 15) is 10.5 Å². The van der Waals surface area contributed by atoms with Gasteiger partial charge in [-0.1, -0.05) is 78.9 Å². The Morgan fingerprint density at radius 3 is 1.59 bits per heavy atom. The molecule has 0 aliphatic heterocycles. The number of allylic oxidation sites excluding steroid dienone is 1. The van der Waals surface area contributed by atoms with Crippen LogP contribution in [0.4, 0.5) is 0 Å². The lowest BCUT2D eigenvalue weighted by Gasteiger charge is -2.18. The maximum Gasteiger partial charge on any atom is 0.101 e. The van der Waals surface area contributed by atoms with E-state index < -0.39 is 0 Å². The maximum atomic E-state index is 10.1. The Morgan fingerprint density at radius 1 is 0.590 bits per heavy atom. The Kier molecular flexibility index (Phi) is 5.08. The minimum absolute atomic E-state index is 0.351. The van der Waals surface area contributed by atoms with Gasteiger partial charge in [0.15, 0.2) is 0 Å². The molecule has 0 atom stereocenters. The molecule has 0 unspecified atom stereocenters. The molecule has 7 rings (SSSR count). The Labute approximate surface area is 225 Å². The average molecular weight is 499 g/mol. The Balaban J connectivity index is 1.73. The van der Waals surface area contributed by atoms with E-state index in [1.165, 1.54) is 0 Å². The third-order valence-electron chi connectivity index (χ3n) is 7.56. The van der Waals surface area contributed by atoms with Crippen molar-refractivity contribution in [2.24, 2.45) is 0 Å². The first-order chi connectivity index (χ1) is 19.2.